The molecule has 2 N–H and O–H groups in total. The molecule has 0 saturated heterocycles. The van der Waals surface area contributed by atoms with Gasteiger partial charge in [-0.05, 0) is 31.4 Å². The topological polar surface area (TPSA) is 50.4 Å². The first-order valence-corrected chi connectivity index (χ1v) is 6.81. The van der Waals surface area contributed by atoms with Crippen molar-refractivity contribution in [3.63, 3.8) is 0 Å². The number of hydrogen-bond acceptors (Lipinski definition) is 3. The molecule has 0 spiro atoms. The van der Waals surface area contributed by atoms with Gasteiger partial charge in [0, 0.05) is 18.3 Å². The first-order chi connectivity index (χ1) is 9.43. The van der Waals surface area contributed by atoms with Gasteiger partial charge in [-0.3, -0.25) is 4.79 Å². The Morgan fingerprint density at radius 1 is 1.35 bits per heavy atom. The van der Waals surface area contributed by atoms with E-state index in [1.807, 2.05) is 0 Å². The summed E-state index contributed by atoms with van der Waals surface area (Å²) in [6.07, 6.45) is 0.947. The van der Waals surface area contributed by atoms with E-state index in [9.17, 15) is 9.18 Å². The zero-order valence-corrected chi connectivity index (χ0v) is 12.5. The van der Waals surface area contributed by atoms with Crippen LogP contribution in [0.3, 0.4) is 0 Å². The highest BCUT2D eigenvalue weighted by molar-refractivity contribution is 5.84. The van der Waals surface area contributed by atoms with Crippen LogP contribution in [0.5, 0.6) is 5.75 Å². The van der Waals surface area contributed by atoms with Gasteiger partial charge < -0.3 is 15.4 Å². The summed E-state index contributed by atoms with van der Waals surface area (Å²) >= 11 is 0. The van der Waals surface area contributed by atoms with E-state index < -0.39 is 11.9 Å². The van der Waals surface area contributed by atoms with E-state index >= 15 is 0 Å². The van der Waals surface area contributed by atoms with Gasteiger partial charge in [-0.2, -0.15) is 0 Å². The van der Waals surface area contributed by atoms with Gasteiger partial charge in [0.1, 0.15) is 6.04 Å². The SMILES string of the molecule is COc1cc(NC(C)C(=O)NCCC(C)C)ccc1F. The summed E-state index contributed by atoms with van der Waals surface area (Å²) in [5, 5.41) is 5.89. The number of carbonyl (C=O) groups is 1. The fourth-order valence-corrected chi connectivity index (χ4v) is 1.70. The Morgan fingerprint density at radius 2 is 2.05 bits per heavy atom. The number of hydrogen-bond donors (Lipinski definition) is 2. The highest BCUT2D eigenvalue weighted by Gasteiger charge is 2.13. The quantitative estimate of drug-likeness (QED) is 0.808. The number of benzene rings is 1. The number of ether oxygens (including phenoxy) is 1. The van der Waals surface area contributed by atoms with Crippen molar-refractivity contribution < 1.29 is 13.9 Å². The molecule has 1 atom stereocenters. The number of anilines is 1. The molecule has 0 heterocycles. The van der Waals surface area contributed by atoms with Crippen LogP contribution >= 0.6 is 0 Å². The lowest BCUT2D eigenvalue weighted by Crippen LogP contribution is -2.38. The monoisotopic (exact) mass is 282 g/mol. The van der Waals surface area contributed by atoms with Crippen LogP contribution in [0.2, 0.25) is 0 Å². The number of nitrogens with one attached hydrogen (secondary N) is 2. The lowest BCUT2D eigenvalue weighted by molar-refractivity contribution is -0.121. The van der Waals surface area contributed by atoms with E-state index in [2.05, 4.69) is 24.5 Å². The maximum atomic E-state index is 13.3. The largest absolute Gasteiger partial charge is 0.494 e. The fraction of sp³-hybridized carbons (Fsp3) is 0.533. The van der Waals surface area contributed by atoms with Crippen molar-refractivity contribution in [3.05, 3.63) is 24.0 Å². The maximum absolute atomic E-state index is 13.3. The number of methoxy groups -OCH3 is 1. The summed E-state index contributed by atoms with van der Waals surface area (Å²) in [4.78, 5) is 11.9. The molecule has 0 radical (unpaired) electrons. The minimum atomic E-state index is -0.424. The molecule has 0 fully saturated rings. The minimum Gasteiger partial charge on any atom is -0.494 e. The number of halogens is 1. The molecule has 0 bridgehead atoms. The molecular weight excluding hydrogens is 259 g/mol. The molecule has 112 valence electrons. The van der Waals surface area contributed by atoms with Crippen molar-refractivity contribution in [3.8, 4) is 5.75 Å². The van der Waals surface area contributed by atoms with Crippen LogP contribution in [0, 0.1) is 11.7 Å². The molecule has 1 aromatic rings. The van der Waals surface area contributed by atoms with Crippen LogP contribution in [0.15, 0.2) is 18.2 Å². The third kappa shape index (κ3) is 5.07. The van der Waals surface area contributed by atoms with Crippen molar-refractivity contribution in [1.82, 2.24) is 5.32 Å². The number of amides is 1. The predicted molar refractivity (Wildman–Crippen MR) is 78.5 cm³/mol. The summed E-state index contributed by atoms with van der Waals surface area (Å²) in [7, 11) is 1.41. The van der Waals surface area contributed by atoms with E-state index in [1.165, 1.54) is 19.2 Å². The van der Waals surface area contributed by atoms with Crippen molar-refractivity contribution >= 4 is 11.6 Å². The Morgan fingerprint density at radius 3 is 2.65 bits per heavy atom. The maximum Gasteiger partial charge on any atom is 0.242 e. The van der Waals surface area contributed by atoms with Gasteiger partial charge in [-0.25, -0.2) is 4.39 Å². The van der Waals surface area contributed by atoms with Crippen LogP contribution < -0.4 is 15.4 Å². The number of rotatable bonds is 7. The van der Waals surface area contributed by atoms with E-state index in [-0.39, 0.29) is 11.7 Å². The first-order valence-electron chi connectivity index (χ1n) is 6.81. The minimum absolute atomic E-state index is 0.0751. The number of carbonyl (C=O) groups excluding carboxylic acids is 1. The van der Waals surface area contributed by atoms with Crippen molar-refractivity contribution in [1.29, 1.82) is 0 Å². The molecule has 1 aromatic carbocycles. The molecule has 0 saturated carbocycles. The molecule has 4 nitrogen and oxygen atoms in total. The average molecular weight is 282 g/mol. The standard InChI is InChI=1S/C15H23FN2O2/c1-10(2)7-8-17-15(19)11(3)18-12-5-6-13(16)14(9-12)20-4/h5-6,9-11,18H,7-8H2,1-4H3,(H,17,19). The molecule has 0 aliphatic rings. The van der Waals surface area contributed by atoms with E-state index in [1.54, 1.807) is 13.0 Å². The second-order valence-electron chi connectivity index (χ2n) is 5.19. The summed E-state index contributed by atoms with van der Waals surface area (Å²) in [5.41, 5.74) is 0.648. The normalized spacial score (nSPS) is 12.1. The molecule has 0 aliphatic heterocycles. The van der Waals surface area contributed by atoms with Crippen LogP contribution in [0.1, 0.15) is 27.2 Å². The zero-order valence-electron chi connectivity index (χ0n) is 12.5. The molecule has 1 unspecified atom stereocenters. The Bertz CT molecular complexity index is 449. The van der Waals surface area contributed by atoms with Crippen LogP contribution in [0.4, 0.5) is 10.1 Å². The van der Waals surface area contributed by atoms with E-state index in [0.29, 0.717) is 18.2 Å². The van der Waals surface area contributed by atoms with Gasteiger partial charge in [0.15, 0.2) is 11.6 Å². The second kappa shape index (κ2) is 7.72. The average Bonchev–Trinajstić information content (AvgIpc) is 2.40. The molecule has 0 aromatic heterocycles. The van der Waals surface area contributed by atoms with Crippen LogP contribution in [-0.4, -0.2) is 25.6 Å². The molecule has 1 rings (SSSR count). The van der Waals surface area contributed by atoms with Crippen LogP contribution in [-0.2, 0) is 4.79 Å². The molecule has 1 amide bonds. The Balaban J connectivity index is 2.52. The Hall–Kier alpha value is -1.78. The zero-order chi connectivity index (χ0) is 15.1. The van der Waals surface area contributed by atoms with E-state index in [4.69, 9.17) is 4.74 Å². The van der Waals surface area contributed by atoms with Crippen molar-refractivity contribution in [2.75, 3.05) is 19.0 Å². The molecule has 5 heteroatoms. The smallest absolute Gasteiger partial charge is 0.242 e. The lowest BCUT2D eigenvalue weighted by Gasteiger charge is -2.16. The second-order valence-corrected chi connectivity index (χ2v) is 5.19. The Labute approximate surface area is 119 Å². The van der Waals surface area contributed by atoms with Gasteiger partial charge in [0.05, 0.1) is 7.11 Å². The first kappa shape index (κ1) is 16.3. The van der Waals surface area contributed by atoms with Crippen molar-refractivity contribution in [2.24, 2.45) is 5.92 Å². The van der Waals surface area contributed by atoms with Gasteiger partial charge >= 0.3 is 0 Å². The van der Waals surface area contributed by atoms with Gasteiger partial charge in [-0.15, -0.1) is 0 Å². The summed E-state index contributed by atoms with van der Waals surface area (Å²) in [6, 6.07) is 4.03. The lowest BCUT2D eigenvalue weighted by atomic mass is 10.1. The molecular formula is C15H23FN2O2. The third-order valence-corrected chi connectivity index (χ3v) is 2.95. The van der Waals surface area contributed by atoms with Crippen LogP contribution in [0.25, 0.3) is 0 Å². The van der Waals surface area contributed by atoms with Gasteiger partial charge in [-0.1, -0.05) is 13.8 Å². The summed E-state index contributed by atoms with van der Waals surface area (Å²) < 4.78 is 18.2. The summed E-state index contributed by atoms with van der Waals surface area (Å²) in [6.45, 7) is 6.65. The van der Waals surface area contributed by atoms with Gasteiger partial charge in [0.2, 0.25) is 5.91 Å². The highest BCUT2D eigenvalue weighted by Crippen LogP contribution is 2.21. The predicted octanol–water partition coefficient (Wildman–Crippen LogP) is 2.80. The highest BCUT2D eigenvalue weighted by atomic mass is 19.1. The summed E-state index contributed by atoms with van der Waals surface area (Å²) in [5.74, 6) is 0.211. The molecule has 0 aliphatic carbocycles. The Kier molecular flexibility index (Phi) is 6.28. The van der Waals surface area contributed by atoms with Crippen molar-refractivity contribution in [2.45, 2.75) is 33.2 Å². The third-order valence-electron chi connectivity index (χ3n) is 2.95. The molecule has 20 heavy (non-hydrogen) atoms. The fourth-order valence-electron chi connectivity index (χ4n) is 1.70. The van der Waals surface area contributed by atoms with E-state index in [0.717, 1.165) is 6.42 Å². The van der Waals surface area contributed by atoms with Gasteiger partial charge in [0.25, 0.3) is 0 Å².